The Kier molecular flexibility index (Phi) is 2.10. The van der Waals surface area contributed by atoms with Gasteiger partial charge in [0.25, 0.3) is 0 Å². The molecule has 1 aromatic heterocycles. The highest BCUT2D eigenvalue weighted by Gasteiger charge is 1.99. The van der Waals surface area contributed by atoms with Gasteiger partial charge in [0.1, 0.15) is 0 Å². The molecule has 3 nitrogen and oxygen atoms in total. The maximum atomic E-state index is 5.62. The van der Waals surface area contributed by atoms with E-state index in [2.05, 4.69) is 4.98 Å². The summed E-state index contributed by atoms with van der Waals surface area (Å²) >= 11 is 0. The standard InChI is InChI=1S/C10H11N3/c11-7-9-3-1-2-4-10(9)13-6-5-12-8-13/h1-6,8H,7,11H2. The molecule has 0 atom stereocenters. The predicted octanol–water partition coefficient (Wildman–Crippen LogP) is 1.33. The summed E-state index contributed by atoms with van der Waals surface area (Å²) < 4.78 is 1.96. The molecule has 1 heterocycles. The fraction of sp³-hybridized carbons (Fsp3) is 0.100. The SMILES string of the molecule is NCc1ccccc1-n1ccnc1. The Morgan fingerprint density at radius 3 is 2.85 bits per heavy atom. The van der Waals surface area contributed by atoms with Crippen LogP contribution < -0.4 is 5.73 Å². The Labute approximate surface area is 76.8 Å². The molecule has 0 saturated carbocycles. The molecule has 0 aliphatic carbocycles. The predicted molar refractivity (Wildman–Crippen MR) is 51.5 cm³/mol. The Morgan fingerprint density at radius 2 is 2.15 bits per heavy atom. The van der Waals surface area contributed by atoms with Gasteiger partial charge in [-0.25, -0.2) is 4.98 Å². The van der Waals surface area contributed by atoms with Crippen molar-refractivity contribution in [3.05, 3.63) is 48.5 Å². The van der Waals surface area contributed by atoms with Crippen LogP contribution >= 0.6 is 0 Å². The van der Waals surface area contributed by atoms with Crippen molar-refractivity contribution in [2.75, 3.05) is 0 Å². The second kappa shape index (κ2) is 3.41. The zero-order valence-corrected chi connectivity index (χ0v) is 7.22. The quantitative estimate of drug-likeness (QED) is 0.744. The van der Waals surface area contributed by atoms with Crippen LogP contribution in [-0.2, 0) is 6.54 Å². The number of rotatable bonds is 2. The summed E-state index contributed by atoms with van der Waals surface area (Å²) in [4.78, 5) is 4.00. The van der Waals surface area contributed by atoms with E-state index < -0.39 is 0 Å². The van der Waals surface area contributed by atoms with Gasteiger partial charge < -0.3 is 10.3 Å². The Morgan fingerprint density at radius 1 is 1.31 bits per heavy atom. The van der Waals surface area contributed by atoms with Gasteiger partial charge in [-0.15, -0.1) is 0 Å². The van der Waals surface area contributed by atoms with Gasteiger partial charge in [0.15, 0.2) is 0 Å². The van der Waals surface area contributed by atoms with Gasteiger partial charge >= 0.3 is 0 Å². The number of hydrogen-bond donors (Lipinski definition) is 1. The fourth-order valence-electron chi connectivity index (χ4n) is 1.34. The third-order valence-electron chi connectivity index (χ3n) is 1.99. The van der Waals surface area contributed by atoms with Gasteiger partial charge in [-0.2, -0.15) is 0 Å². The van der Waals surface area contributed by atoms with E-state index in [1.165, 1.54) is 0 Å². The normalized spacial score (nSPS) is 10.2. The summed E-state index contributed by atoms with van der Waals surface area (Å²) in [6.45, 7) is 0.550. The van der Waals surface area contributed by atoms with Crippen molar-refractivity contribution in [3.63, 3.8) is 0 Å². The van der Waals surface area contributed by atoms with Gasteiger partial charge in [-0.1, -0.05) is 18.2 Å². The third-order valence-corrected chi connectivity index (χ3v) is 1.99. The second-order valence-corrected chi connectivity index (χ2v) is 2.80. The molecule has 1 aromatic carbocycles. The molecule has 2 aromatic rings. The highest BCUT2D eigenvalue weighted by molar-refractivity contribution is 5.40. The summed E-state index contributed by atoms with van der Waals surface area (Å²) in [5, 5.41) is 0. The van der Waals surface area contributed by atoms with Gasteiger partial charge in [-0.05, 0) is 11.6 Å². The van der Waals surface area contributed by atoms with Crippen LogP contribution in [0.4, 0.5) is 0 Å². The molecule has 0 amide bonds. The number of aromatic nitrogens is 2. The molecule has 66 valence electrons. The summed E-state index contributed by atoms with van der Waals surface area (Å²) in [7, 11) is 0. The highest BCUT2D eigenvalue weighted by atomic mass is 15.0. The van der Waals surface area contributed by atoms with Crippen molar-refractivity contribution in [1.82, 2.24) is 9.55 Å². The molecule has 0 bridgehead atoms. The van der Waals surface area contributed by atoms with Crippen molar-refractivity contribution in [2.45, 2.75) is 6.54 Å². The Hall–Kier alpha value is -1.61. The van der Waals surface area contributed by atoms with Crippen LogP contribution in [0.3, 0.4) is 0 Å². The summed E-state index contributed by atoms with van der Waals surface area (Å²) in [5.74, 6) is 0. The molecule has 2 rings (SSSR count). The summed E-state index contributed by atoms with van der Waals surface area (Å²) in [5.41, 5.74) is 7.85. The van der Waals surface area contributed by atoms with Crippen molar-refractivity contribution in [3.8, 4) is 5.69 Å². The van der Waals surface area contributed by atoms with Crippen molar-refractivity contribution in [2.24, 2.45) is 5.73 Å². The molecular weight excluding hydrogens is 162 g/mol. The molecule has 0 saturated heterocycles. The molecule has 0 unspecified atom stereocenters. The average molecular weight is 173 g/mol. The van der Waals surface area contributed by atoms with Crippen LogP contribution in [0.5, 0.6) is 0 Å². The molecule has 3 heteroatoms. The van der Waals surface area contributed by atoms with Gasteiger partial charge in [-0.3, -0.25) is 0 Å². The van der Waals surface area contributed by atoms with Crippen LogP contribution in [0.15, 0.2) is 43.0 Å². The van der Waals surface area contributed by atoms with E-state index in [9.17, 15) is 0 Å². The Balaban J connectivity index is 2.51. The maximum absolute atomic E-state index is 5.62. The lowest BCUT2D eigenvalue weighted by Crippen LogP contribution is -2.02. The largest absolute Gasteiger partial charge is 0.326 e. The Bertz CT molecular complexity index is 379. The van der Waals surface area contributed by atoms with Crippen LogP contribution in [0.1, 0.15) is 5.56 Å². The smallest absolute Gasteiger partial charge is 0.0991 e. The molecule has 0 radical (unpaired) electrons. The summed E-state index contributed by atoms with van der Waals surface area (Å²) in [6.07, 6.45) is 5.44. The molecule has 0 spiro atoms. The molecule has 0 fully saturated rings. The van der Waals surface area contributed by atoms with E-state index in [1.54, 1.807) is 12.5 Å². The van der Waals surface area contributed by atoms with E-state index in [-0.39, 0.29) is 0 Å². The van der Waals surface area contributed by atoms with Crippen molar-refractivity contribution < 1.29 is 0 Å². The number of nitrogens with two attached hydrogens (primary N) is 1. The zero-order valence-electron chi connectivity index (χ0n) is 7.22. The van der Waals surface area contributed by atoms with E-state index in [1.807, 2.05) is 35.0 Å². The minimum absolute atomic E-state index is 0.550. The zero-order chi connectivity index (χ0) is 9.10. The van der Waals surface area contributed by atoms with Gasteiger partial charge in [0, 0.05) is 18.9 Å². The lowest BCUT2D eigenvalue weighted by Gasteiger charge is -2.06. The van der Waals surface area contributed by atoms with Crippen LogP contribution in [0.25, 0.3) is 5.69 Å². The minimum atomic E-state index is 0.550. The number of imidazole rings is 1. The van der Waals surface area contributed by atoms with Crippen LogP contribution in [-0.4, -0.2) is 9.55 Å². The first-order chi connectivity index (χ1) is 6.42. The van der Waals surface area contributed by atoms with Gasteiger partial charge in [0.2, 0.25) is 0 Å². The van der Waals surface area contributed by atoms with E-state index in [0.717, 1.165) is 11.3 Å². The molecule has 2 N–H and O–H groups in total. The van der Waals surface area contributed by atoms with Gasteiger partial charge in [0.05, 0.1) is 12.0 Å². The summed E-state index contributed by atoms with van der Waals surface area (Å²) in [6, 6.07) is 8.04. The first kappa shape index (κ1) is 8.01. The van der Waals surface area contributed by atoms with E-state index in [0.29, 0.717) is 6.54 Å². The minimum Gasteiger partial charge on any atom is -0.326 e. The monoisotopic (exact) mass is 173 g/mol. The van der Waals surface area contributed by atoms with E-state index in [4.69, 9.17) is 5.73 Å². The second-order valence-electron chi connectivity index (χ2n) is 2.80. The topological polar surface area (TPSA) is 43.8 Å². The number of nitrogens with zero attached hydrogens (tertiary/aromatic N) is 2. The third kappa shape index (κ3) is 1.46. The average Bonchev–Trinajstić information content (AvgIpc) is 2.70. The molecule has 0 aliphatic heterocycles. The van der Waals surface area contributed by atoms with Crippen molar-refractivity contribution >= 4 is 0 Å². The number of hydrogen-bond acceptors (Lipinski definition) is 2. The lowest BCUT2D eigenvalue weighted by molar-refractivity contribution is 0.983. The molecule has 0 aliphatic rings. The molecule has 13 heavy (non-hydrogen) atoms. The highest BCUT2D eigenvalue weighted by Crippen LogP contribution is 2.12. The van der Waals surface area contributed by atoms with Crippen LogP contribution in [0, 0.1) is 0 Å². The van der Waals surface area contributed by atoms with Crippen LogP contribution in [0.2, 0.25) is 0 Å². The fourth-order valence-corrected chi connectivity index (χ4v) is 1.34. The first-order valence-corrected chi connectivity index (χ1v) is 4.18. The maximum Gasteiger partial charge on any atom is 0.0991 e. The molecular formula is C10H11N3. The van der Waals surface area contributed by atoms with E-state index >= 15 is 0 Å². The number of para-hydroxylation sites is 1. The lowest BCUT2D eigenvalue weighted by atomic mass is 10.2. The number of benzene rings is 1. The van der Waals surface area contributed by atoms with Crippen molar-refractivity contribution in [1.29, 1.82) is 0 Å². The first-order valence-electron chi connectivity index (χ1n) is 4.18.